The molecule has 0 fully saturated rings. The zero-order chi connectivity index (χ0) is 20.4. The van der Waals surface area contributed by atoms with Crippen molar-refractivity contribution in [3.8, 4) is 16.9 Å². The van der Waals surface area contributed by atoms with Gasteiger partial charge in [0, 0.05) is 35.6 Å². The number of pyridine rings is 1. The number of amides is 1. The molecular formula is C18H15N7O3S. The van der Waals surface area contributed by atoms with Gasteiger partial charge in [0.1, 0.15) is 5.69 Å². The van der Waals surface area contributed by atoms with E-state index < -0.39 is 10.5 Å². The molecule has 0 bridgehead atoms. The molecule has 3 heterocycles. The first-order valence-electron chi connectivity index (χ1n) is 8.57. The van der Waals surface area contributed by atoms with Crippen molar-refractivity contribution in [2.75, 3.05) is 11.1 Å². The molecule has 1 atom stereocenters. The molecule has 0 spiro atoms. The lowest BCUT2D eigenvalue weighted by Crippen LogP contribution is -2.38. The van der Waals surface area contributed by atoms with E-state index in [1.165, 1.54) is 22.7 Å². The predicted octanol–water partition coefficient (Wildman–Crippen LogP) is 3.65. The number of carbonyl (C=O) groups excluding carboxylic acids is 1. The minimum Gasteiger partial charge on any atom is -0.358 e. The van der Waals surface area contributed by atoms with Gasteiger partial charge in [-0.2, -0.15) is 5.11 Å². The van der Waals surface area contributed by atoms with Gasteiger partial charge in [-0.15, -0.1) is 4.52 Å². The average molecular weight is 409 g/mol. The molecule has 1 amide bonds. The average Bonchev–Trinajstić information content (AvgIpc) is 3.37. The van der Waals surface area contributed by atoms with E-state index in [0.717, 1.165) is 0 Å². The van der Waals surface area contributed by atoms with Crippen molar-refractivity contribution in [2.45, 2.75) is 12.5 Å². The molecular weight excluding hydrogens is 394 g/mol. The summed E-state index contributed by atoms with van der Waals surface area (Å²) in [4.78, 5) is 27.4. The van der Waals surface area contributed by atoms with Crippen LogP contribution in [0.3, 0.4) is 0 Å². The highest BCUT2D eigenvalue weighted by atomic mass is 32.2. The standard InChI is InChI=1S/C18H15N7O3S/c1-18(11-29-23-22-18)17(26)20-13-4-6-14(7-5-13)24-16(25(27)28)9-15(21-24)12-3-2-8-19-10-12/h2-10H,11H2,1H3,(H,20,26). The van der Waals surface area contributed by atoms with Crippen molar-refractivity contribution >= 4 is 29.4 Å². The van der Waals surface area contributed by atoms with Gasteiger partial charge in [0.25, 0.3) is 5.91 Å². The summed E-state index contributed by atoms with van der Waals surface area (Å²) in [7, 11) is 0. The molecule has 11 heteroatoms. The lowest BCUT2D eigenvalue weighted by Gasteiger charge is -2.16. The zero-order valence-corrected chi connectivity index (χ0v) is 16.0. The Bertz CT molecular complexity index is 1100. The Morgan fingerprint density at radius 1 is 1.31 bits per heavy atom. The maximum atomic E-state index is 12.4. The van der Waals surface area contributed by atoms with Crippen molar-refractivity contribution in [3.63, 3.8) is 0 Å². The first kappa shape index (κ1) is 18.7. The van der Waals surface area contributed by atoms with Crippen LogP contribution in [-0.4, -0.2) is 36.9 Å². The van der Waals surface area contributed by atoms with Crippen LogP contribution < -0.4 is 5.32 Å². The second-order valence-electron chi connectivity index (χ2n) is 6.53. The third kappa shape index (κ3) is 3.72. The first-order valence-corrected chi connectivity index (χ1v) is 9.51. The van der Waals surface area contributed by atoms with Crippen LogP contribution in [0, 0.1) is 10.1 Å². The van der Waals surface area contributed by atoms with E-state index in [4.69, 9.17) is 0 Å². The molecule has 1 aromatic carbocycles. The second-order valence-corrected chi connectivity index (χ2v) is 7.24. The Labute approximate surface area is 169 Å². The summed E-state index contributed by atoms with van der Waals surface area (Å²) in [5.41, 5.74) is 1.26. The van der Waals surface area contributed by atoms with Crippen LogP contribution >= 0.6 is 11.9 Å². The Morgan fingerprint density at radius 3 is 2.72 bits per heavy atom. The van der Waals surface area contributed by atoms with Crippen molar-refractivity contribution in [1.29, 1.82) is 0 Å². The van der Waals surface area contributed by atoms with Crippen molar-refractivity contribution in [2.24, 2.45) is 9.63 Å². The number of nitrogens with zero attached hydrogens (tertiary/aromatic N) is 6. The highest BCUT2D eigenvalue weighted by Gasteiger charge is 2.37. The lowest BCUT2D eigenvalue weighted by molar-refractivity contribution is -0.391. The smallest absolute Gasteiger partial charge is 0.350 e. The van der Waals surface area contributed by atoms with Gasteiger partial charge in [0.15, 0.2) is 11.2 Å². The quantitative estimate of drug-likeness (QED) is 0.389. The number of anilines is 1. The Balaban J connectivity index is 1.60. The minimum absolute atomic E-state index is 0.170. The van der Waals surface area contributed by atoms with E-state index >= 15 is 0 Å². The van der Waals surface area contributed by atoms with Crippen molar-refractivity contribution < 1.29 is 9.72 Å². The predicted molar refractivity (Wildman–Crippen MR) is 108 cm³/mol. The maximum Gasteiger partial charge on any atom is 0.350 e. The van der Waals surface area contributed by atoms with Crippen LogP contribution in [0.5, 0.6) is 0 Å². The van der Waals surface area contributed by atoms with Gasteiger partial charge in [0.05, 0.1) is 11.8 Å². The SMILES string of the molecule is CC1(C(=O)Nc2ccc(-n3nc(-c4cccnc4)cc3[N+](=O)[O-])cc2)CSN=N1. The van der Waals surface area contributed by atoms with Gasteiger partial charge in [-0.1, -0.05) is 9.78 Å². The summed E-state index contributed by atoms with van der Waals surface area (Å²) in [6.45, 7) is 1.72. The molecule has 0 aliphatic carbocycles. The molecule has 2 aromatic heterocycles. The van der Waals surface area contributed by atoms with Gasteiger partial charge in [-0.05, 0) is 48.2 Å². The third-order valence-electron chi connectivity index (χ3n) is 4.36. The van der Waals surface area contributed by atoms with E-state index in [1.807, 2.05) is 0 Å². The van der Waals surface area contributed by atoms with Crippen molar-refractivity contribution in [3.05, 3.63) is 65.0 Å². The number of aromatic nitrogens is 3. The van der Waals surface area contributed by atoms with Crippen LogP contribution in [0.4, 0.5) is 11.5 Å². The van der Waals surface area contributed by atoms with Gasteiger partial charge >= 0.3 is 5.82 Å². The molecule has 0 saturated heterocycles. The van der Waals surface area contributed by atoms with Gasteiger partial charge in [-0.25, -0.2) is 0 Å². The molecule has 1 aliphatic heterocycles. The molecule has 4 rings (SSSR count). The molecule has 0 saturated carbocycles. The highest BCUT2D eigenvalue weighted by Crippen LogP contribution is 2.29. The number of nitrogens with one attached hydrogen (secondary N) is 1. The summed E-state index contributed by atoms with van der Waals surface area (Å²) in [6, 6.07) is 11.5. The molecule has 1 unspecified atom stereocenters. The van der Waals surface area contributed by atoms with E-state index in [-0.39, 0.29) is 11.7 Å². The summed E-state index contributed by atoms with van der Waals surface area (Å²) in [5, 5.41) is 22.6. The van der Waals surface area contributed by atoms with Gasteiger partial charge < -0.3 is 15.4 Å². The molecule has 3 aromatic rings. The number of nitro groups is 1. The fourth-order valence-corrected chi connectivity index (χ4v) is 3.45. The molecule has 146 valence electrons. The molecule has 1 N–H and O–H groups in total. The summed E-state index contributed by atoms with van der Waals surface area (Å²) in [5.74, 6) is 0.0486. The first-order chi connectivity index (χ1) is 14.0. The van der Waals surface area contributed by atoms with Crippen LogP contribution in [0.25, 0.3) is 16.9 Å². The minimum atomic E-state index is -0.900. The van der Waals surface area contributed by atoms with Crippen LogP contribution in [0.1, 0.15) is 6.92 Å². The zero-order valence-electron chi connectivity index (χ0n) is 15.2. The number of hydrogen-bond acceptors (Lipinski definition) is 8. The summed E-state index contributed by atoms with van der Waals surface area (Å²) < 4.78 is 5.05. The Kier molecular flexibility index (Phi) is 4.80. The fourth-order valence-electron chi connectivity index (χ4n) is 2.71. The van der Waals surface area contributed by atoms with E-state index in [9.17, 15) is 14.9 Å². The highest BCUT2D eigenvalue weighted by molar-refractivity contribution is 7.98. The van der Waals surface area contributed by atoms with E-state index in [0.29, 0.717) is 28.4 Å². The monoisotopic (exact) mass is 409 g/mol. The van der Waals surface area contributed by atoms with Crippen LogP contribution in [-0.2, 0) is 4.79 Å². The summed E-state index contributed by atoms with van der Waals surface area (Å²) >= 11 is 1.24. The lowest BCUT2D eigenvalue weighted by atomic mass is 10.1. The summed E-state index contributed by atoms with van der Waals surface area (Å²) in [6.07, 6.45) is 3.21. The van der Waals surface area contributed by atoms with E-state index in [2.05, 4.69) is 25.0 Å². The third-order valence-corrected chi connectivity index (χ3v) is 5.25. The Morgan fingerprint density at radius 2 is 2.10 bits per heavy atom. The number of carbonyl (C=O) groups is 1. The van der Waals surface area contributed by atoms with Crippen LogP contribution in [0.15, 0.2) is 64.5 Å². The fraction of sp³-hybridized carbons (Fsp3) is 0.167. The number of rotatable bonds is 5. The second kappa shape index (κ2) is 7.43. The molecule has 10 nitrogen and oxygen atoms in total. The normalized spacial score (nSPS) is 18.0. The number of benzene rings is 1. The topological polar surface area (TPSA) is 128 Å². The van der Waals surface area contributed by atoms with E-state index in [1.54, 1.807) is 55.7 Å². The van der Waals surface area contributed by atoms with Crippen LogP contribution in [0.2, 0.25) is 0 Å². The Hall–Kier alpha value is -3.60. The van der Waals surface area contributed by atoms with Gasteiger partial charge in [0.2, 0.25) is 0 Å². The molecule has 0 radical (unpaired) electrons. The largest absolute Gasteiger partial charge is 0.358 e. The maximum absolute atomic E-state index is 12.4. The number of hydrogen-bond donors (Lipinski definition) is 1. The molecule has 1 aliphatic rings. The van der Waals surface area contributed by atoms with Gasteiger partial charge in [-0.3, -0.25) is 9.78 Å². The molecule has 29 heavy (non-hydrogen) atoms. The van der Waals surface area contributed by atoms with Crippen molar-refractivity contribution in [1.82, 2.24) is 14.8 Å².